The lowest BCUT2D eigenvalue weighted by Crippen LogP contribution is -2.57. The molecule has 0 spiro atoms. The second-order valence-electron chi connectivity index (χ2n) is 7.86. The Balaban J connectivity index is 0.00000204. The van der Waals surface area contributed by atoms with Crippen molar-refractivity contribution in [3.63, 3.8) is 0 Å². The number of ether oxygens (including phenoxy) is 2. The Morgan fingerprint density at radius 2 is 1.82 bits per heavy atom. The van der Waals surface area contributed by atoms with E-state index in [0.29, 0.717) is 13.1 Å². The molecule has 1 aromatic carbocycles. The standard InChI is InChI=1S/C21H29N3O6S2.2ClH/c1-29-16-6-3-2-5-15(16)23-8-10-24(11-9-23)20-17(30-18(14-25)21(20)26)13-22-32(27,28)19-7-4-12-31-19;;/h2-7,12,17-18,20-22,25-26H,8-11,13-14H2,1H3;2*1H/t17-,18+,20+,21-;;/m1../s1. The quantitative estimate of drug-likeness (QED) is 0.445. The Hall–Kier alpha value is -1.15. The van der Waals surface area contributed by atoms with Gasteiger partial charge in [0.15, 0.2) is 0 Å². The van der Waals surface area contributed by atoms with Crippen LogP contribution in [0.1, 0.15) is 0 Å². The van der Waals surface area contributed by atoms with Crippen LogP contribution in [0.4, 0.5) is 5.69 Å². The van der Waals surface area contributed by atoms with Crippen LogP contribution >= 0.6 is 36.2 Å². The molecule has 2 saturated heterocycles. The molecule has 2 aliphatic heterocycles. The summed E-state index contributed by atoms with van der Waals surface area (Å²) in [5.41, 5.74) is 1.02. The molecule has 192 valence electrons. The molecule has 0 amide bonds. The van der Waals surface area contributed by atoms with Crippen LogP contribution in [-0.2, 0) is 14.8 Å². The van der Waals surface area contributed by atoms with Gasteiger partial charge >= 0.3 is 0 Å². The predicted octanol–water partition coefficient (Wildman–Crippen LogP) is 1.19. The summed E-state index contributed by atoms with van der Waals surface area (Å²) < 4.78 is 39.2. The van der Waals surface area contributed by atoms with Gasteiger partial charge in [0.1, 0.15) is 22.2 Å². The van der Waals surface area contributed by atoms with Gasteiger partial charge in [-0.3, -0.25) is 4.90 Å². The van der Waals surface area contributed by atoms with Crippen LogP contribution in [0.3, 0.4) is 0 Å². The number of anilines is 1. The lowest BCUT2D eigenvalue weighted by atomic mass is 10.0. The van der Waals surface area contributed by atoms with Crippen molar-refractivity contribution in [2.24, 2.45) is 0 Å². The number of rotatable bonds is 8. The number of nitrogens with one attached hydrogen (secondary N) is 1. The second kappa shape index (κ2) is 12.7. The van der Waals surface area contributed by atoms with Crippen molar-refractivity contribution in [2.45, 2.75) is 28.6 Å². The normalized spacial score (nSPS) is 25.4. The van der Waals surface area contributed by atoms with Crippen LogP contribution in [0.25, 0.3) is 0 Å². The van der Waals surface area contributed by atoms with Crippen molar-refractivity contribution >= 4 is 51.9 Å². The topological polar surface area (TPSA) is 112 Å². The number of nitrogens with zero attached hydrogens (tertiary/aromatic N) is 2. The third kappa shape index (κ3) is 6.15. The third-order valence-electron chi connectivity index (χ3n) is 6.04. The molecule has 2 fully saturated rings. The molecular formula is C21H31Cl2N3O6S2. The van der Waals surface area contributed by atoms with Gasteiger partial charge in [-0.25, -0.2) is 13.1 Å². The van der Waals surface area contributed by atoms with Gasteiger partial charge in [-0.1, -0.05) is 18.2 Å². The van der Waals surface area contributed by atoms with Crippen LogP contribution in [0, 0.1) is 0 Å². The summed E-state index contributed by atoms with van der Waals surface area (Å²) in [6.45, 7) is 2.46. The van der Waals surface area contributed by atoms with Gasteiger partial charge in [-0.2, -0.15) is 0 Å². The van der Waals surface area contributed by atoms with E-state index >= 15 is 0 Å². The Morgan fingerprint density at radius 1 is 1.12 bits per heavy atom. The Kier molecular flexibility index (Phi) is 10.9. The molecular weight excluding hydrogens is 525 g/mol. The molecule has 0 saturated carbocycles. The van der Waals surface area contributed by atoms with Crippen molar-refractivity contribution < 1.29 is 28.1 Å². The first-order chi connectivity index (χ1) is 15.4. The highest BCUT2D eigenvalue weighted by Gasteiger charge is 2.47. The Bertz CT molecular complexity index is 990. The number of sulfonamides is 1. The van der Waals surface area contributed by atoms with E-state index < -0.39 is 34.4 Å². The van der Waals surface area contributed by atoms with Crippen LogP contribution in [0.2, 0.25) is 0 Å². The minimum atomic E-state index is -3.65. The number of piperazine rings is 1. The highest BCUT2D eigenvalue weighted by atomic mass is 35.5. The van der Waals surface area contributed by atoms with E-state index in [0.717, 1.165) is 35.9 Å². The maximum absolute atomic E-state index is 12.5. The Labute approximate surface area is 216 Å². The largest absolute Gasteiger partial charge is 0.495 e. The van der Waals surface area contributed by atoms with Crippen LogP contribution in [-0.4, -0.2) is 94.3 Å². The lowest BCUT2D eigenvalue weighted by Gasteiger charge is -2.41. The zero-order valence-corrected chi connectivity index (χ0v) is 21.9. The summed E-state index contributed by atoms with van der Waals surface area (Å²) in [7, 11) is -2.00. The first kappa shape index (κ1) is 29.1. The van der Waals surface area contributed by atoms with E-state index in [1.165, 1.54) is 0 Å². The number of para-hydroxylation sites is 2. The van der Waals surface area contributed by atoms with Crippen molar-refractivity contribution in [1.82, 2.24) is 9.62 Å². The number of hydrogen-bond donors (Lipinski definition) is 3. The fourth-order valence-corrected chi connectivity index (χ4v) is 6.51. The zero-order valence-electron chi connectivity index (χ0n) is 18.6. The highest BCUT2D eigenvalue weighted by molar-refractivity contribution is 7.91. The van der Waals surface area contributed by atoms with Gasteiger partial charge in [-0.15, -0.1) is 36.2 Å². The molecule has 3 heterocycles. The van der Waals surface area contributed by atoms with Crippen molar-refractivity contribution in [1.29, 1.82) is 0 Å². The fraction of sp³-hybridized carbons (Fsp3) is 0.524. The molecule has 13 heteroatoms. The molecule has 0 radical (unpaired) electrons. The fourth-order valence-electron chi connectivity index (χ4n) is 4.43. The number of benzene rings is 1. The van der Waals surface area contributed by atoms with E-state index in [9.17, 15) is 18.6 Å². The van der Waals surface area contributed by atoms with E-state index in [1.807, 2.05) is 24.3 Å². The Morgan fingerprint density at radius 3 is 2.44 bits per heavy atom. The average molecular weight is 557 g/mol. The van der Waals surface area contributed by atoms with Gasteiger partial charge < -0.3 is 24.6 Å². The number of aliphatic hydroxyl groups is 2. The van der Waals surface area contributed by atoms with Crippen LogP contribution < -0.4 is 14.4 Å². The van der Waals surface area contributed by atoms with Gasteiger partial charge in [0, 0.05) is 32.7 Å². The minimum absolute atomic E-state index is 0. The molecule has 34 heavy (non-hydrogen) atoms. The highest BCUT2D eigenvalue weighted by Crippen LogP contribution is 2.31. The third-order valence-corrected chi connectivity index (χ3v) is 8.86. The van der Waals surface area contributed by atoms with Gasteiger partial charge in [0.25, 0.3) is 0 Å². The van der Waals surface area contributed by atoms with Crippen molar-refractivity contribution in [2.75, 3.05) is 51.3 Å². The summed E-state index contributed by atoms with van der Waals surface area (Å²) in [5.74, 6) is 0.811. The molecule has 9 nitrogen and oxygen atoms in total. The van der Waals surface area contributed by atoms with Crippen LogP contribution in [0.5, 0.6) is 5.75 Å². The van der Waals surface area contributed by atoms with E-state index in [1.54, 1.807) is 24.6 Å². The summed E-state index contributed by atoms with van der Waals surface area (Å²) in [5, 5.41) is 22.2. The number of hydrogen-bond acceptors (Lipinski definition) is 9. The maximum atomic E-state index is 12.5. The summed E-state index contributed by atoms with van der Waals surface area (Å²) in [6, 6.07) is 10.7. The number of halogens is 2. The molecule has 0 aliphatic carbocycles. The summed E-state index contributed by atoms with van der Waals surface area (Å²) in [4.78, 5) is 4.35. The molecule has 0 bridgehead atoms. The van der Waals surface area contributed by atoms with Crippen molar-refractivity contribution in [3.8, 4) is 5.75 Å². The summed E-state index contributed by atoms with van der Waals surface area (Å²) >= 11 is 1.14. The summed E-state index contributed by atoms with van der Waals surface area (Å²) in [6.07, 6.45) is -2.23. The number of methoxy groups -OCH3 is 1. The van der Waals surface area contributed by atoms with E-state index in [-0.39, 0.29) is 42.2 Å². The van der Waals surface area contributed by atoms with Gasteiger partial charge in [-0.05, 0) is 23.6 Å². The van der Waals surface area contributed by atoms with E-state index in [4.69, 9.17) is 9.47 Å². The predicted molar refractivity (Wildman–Crippen MR) is 136 cm³/mol. The smallest absolute Gasteiger partial charge is 0.250 e. The maximum Gasteiger partial charge on any atom is 0.250 e. The molecule has 3 N–H and O–H groups in total. The number of aliphatic hydroxyl groups excluding tert-OH is 2. The average Bonchev–Trinajstić information content (AvgIpc) is 3.47. The zero-order chi connectivity index (χ0) is 22.7. The lowest BCUT2D eigenvalue weighted by molar-refractivity contribution is -0.0201. The van der Waals surface area contributed by atoms with E-state index in [2.05, 4.69) is 14.5 Å². The SMILES string of the molecule is COc1ccccc1N1CCN([C@@H]2[C@H](O)[C@H](CO)O[C@@H]2CNS(=O)(=O)c2cccs2)CC1.Cl.Cl. The minimum Gasteiger partial charge on any atom is -0.495 e. The molecule has 2 aliphatic rings. The monoisotopic (exact) mass is 555 g/mol. The molecule has 4 rings (SSSR count). The molecule has 4 atom stereocenters. The number of thiophene rings is 1. The van der Waals surface area contributed by atoms with Gasteiger partial charge in [0.2, 0.25) is 10.0 Å². The first-order valence-electron chi connectivity index (χ1n) is 10.5. The van der Waals surface area contributed by atoms with Crippen molar-refractivity contribution in [3.05, 3.63) is 41.8 Å². The molecule has 2 aromatic rings. The van der Waals surface area contributed by atoms with Gasteiger partial charge in [0.05, 0.1) is 31.5 Å². The second-order valence-corrected chi connectivity index (χ2v) is 10.8. The molecule has 1 aromatic heterocycles. The first-order valence-corrected chi connectivity index (χ1v) is 12.9. The van der Waals surface area contributed by atoms with Crippen LogP contribution in [0.15, 0.2) is 46.0 Å². The molecule has 0 unspecified atom stereocenters.